The van der Waals surface area contributed by atoms with Crippen molar-refractivity contribution in [3.05, 3.63) is 29.3 Å². The molecule has 0 aliphatic carbocycles. The van der Waals surface area contributed by atoms with Gasteiger partial charge in [-0.2, -0.15) is 0 Å². The molecular weight excluding hydrogens is 256 g/mol. The summed E-state index contributed by atoms with van der Waals surface area (Å²) in [6, 6.07) is 4.46. The fraction of sp³-hybridized carbons (Fsp3) is 0.417. The highest BCUT2D eigenvalue weighted by Gasteiger charge is 2.42. The van der Waals surface area contributed by atoms with E-state index in [1.807, 2.05) is 0 Å². The van der Waals surface area contributed by atoms with E-state index in [2.05, 4.69) is 4.74 Å². The summed E-state index contributed by atoms with van der Waals surface area (Å²) in [4.78, 5) is 10.3. The molecule has 0 unspecified atom stereocenters. The van der Waals surface area contributed by atoms with E-state index in [0.29, 0.717) is 5.56 Å². The van der Waals surface area contributed by atoms with Crippen LogP contribution < -0.4 is 0 Å². The molecule has 5 nitrogen and oxygen atoms in total. The van der Waals surface area contributed by atoms with E-state index in [1.165, 1.54) is 33.1 Å². The maximum atomic E-state index is 12.3. The van der Waals surface area contributed by atoms with Crippen molar-refractivity contribution in [3.63, 3.8) is 0 Å². The molecule has 1 aliphatic heterocycles. The average Bonchev–Trinajstić information content (AvgIpc) is 2.33. The quantitative estimate of drug-likeness (QED) is 0.723. The van der Waals surface area contributed by atoms with Crippen molar-refractivity contribution in [1.82, 2.24) is 0 Å². The van der Waals surface area contributed by atoms with Crippen molar-refractivity contribution in [2.75, 3.05) is 7.11 Å². The summed E-state index contributed by atoms with van der Waals surface area (Å²) in [7, 11) is -2.36. The van der Waals surface area contributed by atoms with Crippen LogP contribution >= 0.6 is 0 Å². The lowest BCUT2D eigenvalue weighted by Crippen LogP contribution is -2.39. The van der Waals surface area contributed by atoms with Gasteiger partial charge in [0.2, 0.25) is 9.84 Å². The van der Waals surface area contributed by atoms with Gasteiger partial charge in [-0.15, -0.1) is 0 Å². The second kappa shape index (κ2) is 4.07. The minimum absolute atomic E-state index is 0.140. The predicted octanol–water partition coefficient (Wildman–Crippen LogP) is 1.51. The Morgan fingerprint density at radius 2 is 2.06 bits per heavy atom. The number of methoxy groups -OCH3 is 1. The number of sulfone groups is 1. The molecule has 1 heterocycles. The number of hydrogen-bond acceptors (Lipinski definition) is 5. The van der Waals surface area contributed by atoms with Crippen LogP contribution in [0.3, 0.4) is 0 Å². The zero-order chi connectivity index (χ0) is 13.6. The van der Waals surface area contributed by atoms with Crippen molar-refractivity contribution in [3.8, 4) is 0 Å². The molecule has 0 atom stereocenters. The van der Waals surface area contributed by atoms with Gasteiger partial charge in [0.15, 0.2) is 4.93 Å². The van der Waals surface area contributed by atoms with Crippen molar-refractivity contribution in [1.29, 1.82) is 0 Å². The molecule has 0 bridgehead atoms. The van der Waals surface area contributed by atoms with E-state index in [0.717, 1.165) is 0 Å². The van der Waals surface area contributed by atoms with Crippen LogP contribution in [0.2, 0.25) is 0 Å². The van der Waals surface area contributed by atoms with Crippen LogP contribution in [0, 0.1) is 0 Å². The molecule has 0 N–H and O–H groups in total. The van der Waals surface area contributed by atoms with Gasteiger partial charge in [0.1, 0.15) is 0 Å². The van der Waals surface area contributed by atoms with E-state index < -0.39 is 20.7 Å². The number of carbonyl (C=O) groups excluding carboxylic acids is 1. The molecule has 0 radical (unpaired) electrons. The lowest BCUT2D eigenvalue weighted by Gasteiger charge is -2.31. The molecule has 1 aromatic carbocycles. The van der Waals surface area contributed by atoms with Crippen LogP contribution in [0.25, 0.3) is 0 Å². The third-order valence-electron chi connectivity index (χ3n) is 3.00. The van der Waals surface area contributed by atoms with Crippen LogP contribution in [0.1, 0.15) is 29.8 Å². The molecule has 1 aliphatic rings. The van der Waals surface area contributed by atoms with E-state index >= 15 is 0 Å². The largest absolute Gasteiger partial charge is 0.465 e. The van der Waals surface area contributed by atoms with Crippen LogP contribution in [0.15, 0.2) is 23.1 Å². The van der Waals surface area contributed by atoms with Gasteiger partial charge in [0.05, 0.1) is 24.2 Å². The lowest BCUT2D eigenvalue weighted by atomic mass is 10.1. The van der Waals surface area contributed by atoms with Crippen molar-refractivity contribution >= 4 is 15.8 Å². The number of hydrogen-bond donors (Lipinski definition) is 0. The van der Waals surface area contributed by atoms with Gasteiger partial charge < -0.3 is 9.47 Å². The average molecular weight is 270 g/mol. The third-order valence-corrected chi connectivity index (χ3v) is 5.37. The Hall–Kier alpha value is -1.40. The van der Waals surface area contributed by atoms with Crippen molar-refractivity contribution in [2.24, 2.45) is 0 Å². The molecule has 0 saturated carbocycles. The number of esters is 1. The predicted molar refractivity (Wildman–Crippen MR) is 63.8 cm³/mol. The second-order valence-corrected chi connectivity index (χ2v) is 6.94. The van der Waals surface area contributed by atoms with Crippen LogP contribution in [-0.2, 0) is 25.9 Å². The fourth-order valence-corrected chi connectivity index (χ4v) is 3.26. The molecule has 0 saturated heterocycles. The molecule has 98 valence electrons. The van der Waals surface area contributed by atoms with Gasteiger partial charge in [-0.25, -0.2) is 13.2 Å². The number of fused-ring (bicyclic) bond motifs is 1. The monoisotopic (exact) mass is 270 g/mol. The Morgan fingerprint density at radius 3 is 2.67 bits per heavy atom. The number of rotatable bonds is 1. The number of carbonyl (C=O) groups is 1. The molecule has 0 spiro atoms. The Kier molecular flexibility index (Phi) is 2.95. The smallest absolute Gasteiger partial charge is 0.337 e. The van der Waals surface area contributed by atoms with Crippen LogP contribution in [0.5, 0.6) is 0 Å². The maximum Gasteiger partial charge on any atom is 0.337 e. The summed E-state index contributed by atoms with van der Waals surface area (Å²) >= 11 is 0. The van der Waals surface area contributed by atoms with Gasteiger partial charge in [-0.05, 0) is 31.5 Å². The first kappa shape index (κ1) is 13.0. The molecule has 18 heavy (non-hydrogen) atoms. The summed E-state index contributed by atoms with van der Waals surface area (Å²) in [6.07, 6.45) is 0. The van der Waals surface area contributed by atoms with Crippen LogP contribution in [-0.4, -0.2) is 26.4 Å². The van der Waals surface area contributed by atoms with E-state index in [9.17, 15) is 13.2 Å². The van der Waals surface area contributed by atoms with Gasteiger partial charge in [-0.1, -0.05) is 6.07 Å². The van der Waals surface area contributed by atoms with Gasteiger partial charge in [-0.3, -0.25) is 0 Å². The first-order valence-electron chi connectivity index (χ1n) is 5.39. The Bertz CT molecular complexity index is 601. The number of ether oxygens (including phenoxy) is 2. The van der Waals surface area contributed by atoms with Crippen molar-refractivity contribution in [2.45, 2.75) is 30.3 Å². The van der Waals surface area contributed by atoms with Gasteiger partial charge in [0, 0.05) is 0 Å². The SMILES string of the molecule is COC(=O)c1ccc2c(c1)S(=O)(=O)C(C)(C)OC2. The summed E-state index contributed by atoms with van der Waals surface area (Å²) < 4.78 is 34.5. The lowest BCUT2D eigenvalue weighted by molar-refractivity contribution is 0.0240. The summed E-state index contributed by atoms with van der Waals surface area (Å²) in [5.74, 6) is -0.558. The van der Waals surface area contributed by atoms with Crippen molar-refractivity contribution < 1.29 is 22.7 Å². The Morgan fingerprint density at radius 1 is 1.39 bits per heavy atom. The summed E-state index contributed by atoms with van der Waals surface area (Å²) in [5.41, 5.74) is 0.777. The fourth-order valence-electron chi connectivity index (χ4n) is 1.76. The van der Waals surface area contributed by atoms with Gasteiger partial charge >= 0.3 is 5.97 Å². The highest BCUT2D eigenvalue weighted by molar-refractivity contribution is 7.92. The van der Waals surface area contributed by atoms with E-state index in [-0.39, 0.29) is 17.1 Å². The van der Waals surface area contributed by atoms with E-state index in [4.69, 9.17) is 4.74 Å². The zero-order valence-corrected chi connectivity index (χ0v) is 11.2. The summed E-state index contributed by atoms with van der Waals surface area (Å²) in [5, 5.41) is 0. The normalized spacial score (nSPS) is 19.9. The molecule has 0 aromatic heterocycles. The topological polar surface area (TPSA) is 69.7 Å². The molecular formula is C12H14O5S. The third kappa shape index (κ3) is 1.81. The number of benzene rings is 1. The first-order chi connectivity index (χ1) is 8.29. The standard InChI is InChI=1S/C12H14O5S/c1-12(2)17-7-9-5-4-8(11(13)16-3)6-10(9)18(12,14)15/h4-6H,7H2,1-3H3. The Balaban J connectivity index is 2.62. The van der Waals surface area contributed by atoms with Crippen LogP contribution in [0.4, 0.5) is 0 Å². The highest BCUT2D eigenvalue weighted by Crippen LogP contribution is 2.35. The molecule has 6 heteroatoms. The molecule has 2 rings (SSSR count). The minimum atomic E-state index is -3.61. The second-order valence-electron chi connectivity index (χ2n) is 4.51. The molecule has 1 aromatic rings. The summed E-state index contributed by atoms with van der Waals surface area (Å²) in [6.45, 7) is 3.20. The Labute approximate surface area is 106 Å². The highest BCUT2D eigenvalue weighted by atomic mass is 32.2. The molecule has 0 fully saturated rings. The first-order valence-corrected chi connectivity index (χ1v) is 6.88. The minimum Gasteiger partial charge on any atom is -0.465 e. The van der Waals surface area contributed by atoms with E-state index in [1.54, 1.807) is 6.07 Å². The maximum absolute atomic E-state index is 12.3. The zero-order valence-electron chi connectivity index (χ0n) is 10.4. The van der Waals surface area contributed by atoms with Gasteiger partial charge in [0.25, 0.3) is 0 Å². The molecule has 0 amide bonds.